The topological polar surface area (TPSA) is 79.0 Å². The molecule has 1 atom stereocenters. The number of nitrogens with one attached hydrogen (secondary N) is 1. The van der Waals surface area contributed by atoms with E-state index in [4.69, 9.17) is 4.74 Å². The lowest BCUT2D eigenvalue weighted by molar-refractivity contribution is 0.0229. The van der Waals surface area contributed by atoms with E-state index in [-0.39, 0.29) is 18.7 Å². The number of rotatable bonds is 6. The molecule has 8 heteroatoms. The van der Waals surface area contributed by atoms with Gasteiger partial charge in [0.1, 0.15) is 5.60 Å². The molecular weight excluding hydrogens is 306 g/mol. The molecule has 1 fully saturated rings. The number of ether oxygens (including phenoxy) is 1. The minimum Gasteiger partial charge on any atom is -0.444 e. The minimum atomic E-state index is -3.49. The first-order valence-corrected chi connectivity index (χ1v) is 9.29. The van der Waals surface area contributed by atoms with Gasteiger partial charge in [0.25, 0.3) is 10.2 Å². The maximum Gasteiger partial charge on any atom is 0.410 e. The van der Waals surface area contributed by atoms with Crippen molar-refractivity contribution in [2.45, 2.75) is 59.1 Å². The molecule has 130 valence electrons. The van der Waals surface area contributed by atoms with Gasteiger partial charge in [0.05, 0.1) is 0 Å². The molecule has 0 saturated carbocycles. The lowest BCUT2D eigenvalue weighted by atomic mass is 10.2. The molecule has 1 aliphatic heterocycles. The van der Waals surface area contributed by atoms with Gasteiger partial charge in [-0.3, -0.25) is 0 Å². The second kappa shape index (κ2) is 7.61. The summed E-state index contributed by atoms with van der Waals surface area (Å²) in [5, 5.41) is 0. The Balaban J connectivity index is 2.63. The van der Waals surface area contributed by atoms with Crippen LogP contribution >= 0.6 is 0 Å². The first-order valence-electron chi connectivity index (χ1n) is 7.85. The predicted molar refractivity (Wildman–Crippen MR) is 85.8 cm³/mol. The van der Waals surface area contributed by atoms with E-state index in [2.05, 4.69) is 4.72 Å². The van der Waals surface area contributed by atoms with E-state index < -0.39 is 15.8 Å². The standard InChI is InChI=1S/C14H29N3O4S/c1-6-16(7-2)22(19,20)15-11-12-9-8-10-17(12)13(18)21-14(3,4)5/h12,15H,6-11H2,1-5H3/t12-/m1/s1. The molecule has 1 heterocycles. The Bertz CT molecular complexity index is 469. The van der Waals surface area contributed by atoms with Crippen molar-refractivity contribution in [2.24, 2.45) is 0 Å². The zero-order valence-electron chi connectivity index (χ0n) is 14.3. The molecule has 22 heavy (non-hydrogen) atoms. The van der Waals surface area contributed by atoms with E-state index >= 15 is 0 Å². The molecule has 0 unspecified atom stereocenters. The van der Waals surface area contributed by atoms with Gasteiger partial charge in [-0.1, -0.05) is 13.8 Å². The van der Waals surface area contributed by atoms with Gasteiger partial charge < -0.3 is 9.64 Å². The van der Waals surface area contributed by atoms with Crippen LogP contribution in [0.4, 0.5) is 4.79 Å². The van der Waals surface area contributed by atoms with Gasteiger partial charge in [-0.05, 0) is 33.6 Å². The van der Waals surface area contributed by atoms with Crippen LogP contribution in [0.5, 0.6) is 0 Å². The Morgan fingerprint density at radius 2 is 1.91 bits per heavy atom. The number of hydrogen-bond acceptors (Lipinski definition) is 4. The summed E-state index contributed by atoms with van der Waals surface area (Å²) in [6.45, 7) is 10.7. The lowest BCUT2D eigenvalue weighted by Gasteiger charge is -2.29. The summed E-state index contributed by atoms with van der Waals surface area (Å²) in [5.74, 6) is 0. The maximum atomic E-state index is 12.2. The summed E-state index contributed by atoms with van der Waals surface area (Å²) in [4.78, 5) is 13.8. The fourth-order valence-corrected chi connectivity index (χ4v) is 3.73. The second-order valence-corrected chi connectivity index (χ2v) is 8.16. The molecule has 1 N–H and O–H groups in total. The highest BCUT2D eigenvalue weighted by molar-refractivity contribution is 7.87. The van der Waals surface area contributed by atoms with Gasteiger partial charge in [-0.25, -0.2) is 9.52 Å². The van der Waals surface area contributed by atoms with Crippen molar-refractivity contribution in [1.29, 1.82) is 0 Å². The van der Waals surface area contributed by atoms with Crippen LogP contribution in [0.15, 0.2) is 0 Å². The van der Waals surface area contributed by atoms with Crippen LogP contribution in [-0.2, 0) is 14.9 Å². The number of likely N-dealkylation sites (tertiary alicyclic amines) is 1. The van der Waals surface area contributed by atoms with Gasteiger partial charge in [0, 0.05) is 32.2 Å². The average Bonchev–Trinajstić information content (AvgIpc) is 2.84. The first-order chi connectivity index (χ1) is 10.1. The number of carbonyl (C=O) groups is 1. The maximum absolute atomic E-state index is 12.2. The smallest absolute Gasteiger partial charge is 0.410 e. The van der Waals surface area contributed by atoms with Crippen molar-refractivity contribution < 1.29 is 17.9 Å². The minimum absolute atomic E-state index is 0.153. The molecule has 1 rings (SSSR count). The highest BCUT2D eigenvalue weighted by Gasteiger charge is 2.33. The molecular formula is C14H29N3O4S. The highest BCUT2D eigenvalue weighted by atomic mass is 32.2. The fraction of sp³-hybridized carbons (Fsp3) is 0.929. The zero-order chi connectivity index (χ0) is 17.0. The van der Waals surface area contributed by atoms with E-state index in [1.807, 2.05) is 20.8 Å². The first kappa shape index (κ1) is 19.2. The molecule has 1 aliphatic rings. The summed E-state index contributed by atoms with van der Waals surface area (Å²) in [7, 11) is -3.49. The molecule has 0 aromatic heterocycles. The normalized spacial score (nSPS) is 19.7. The third kappa shape index (κ3) is 5.40. The van der Waals surface area contributed by atoms with Crippen molar-refractivity contribution in [3.8, 4) is 0 Å². The Morgan fingerprint density at radius 1 is 1.32 bits per heavy atom. The fourth-order valence-electron chi connectivity index (χ4n) is 2.47. The molecule has 1 amide bonds. The van der Waals surface area contributed by atoms with Gasteiger partial charge in [0.15, 0.2) is 0 Å². The van der Waals surface area contributed by atoms with Crippen molar-refractivity contribution in [3.63, 3.8) is 0 Å². The van der Waals surface area contributed by atoms with Crippen LogP contribution in [0.1, 0.15) is 47.5 Å². The summed E-state index contributed by atoms with van der Waals surface area (Å²) in [6.07, 6.45) is 1.26. The van der Waals surface area contributed by atoms with Gasteiger partial charge in [-0.15, -0.1) is 0 Å². The summed E-state index contributed by atoms with van der Waals surface area (Å²) in [5.41, 5.74) is -0.551. The average molecular weight is 335 g/mol. The number of nitrogens with zero attached hydrogens (tertiary/aromatic N) is 2. The van der Waals surface area contributed by atoms with E-state index in [9.17, 15) is 13.2 Å². The Kier molecular flexibility index (Phi) is 6.64. The molecule has 7 nitrogen and oxygen atoms in total. The lowest BCUT2D eigenvalue weighted by Crippen LogP contribution is -2.48. The van der Waals surface area contributed by atoms with E-state index in [1.54, 1.807) is 18.7 Å². The Morgan fingerprint density at radius 3 is 2.41 bits per heavy atom. The summed E-state index contributed by atoms with van der Waals surface area (Å²) in [6, 6.07) is -0.153. The van der Waals surface area contributed by atoms with Crippen molar-refractivity contribution in [2.75, 3.05) is 26.2 Å². The van der Waals surface area contributed by atoms with Crippen LogP contribution < -0.4 is 4.72 Å². The molecule has 0 radical (unpaired) electrons. The van der Waals surface area contributed by atoms with Gasteiger partial charge in [0.2, 0.25) is 0 Å². The largest absolute Gasteiger partial charge is 0.444 e. The third-order valence-corrected chi connectivity index (χ3v) is 5.28. The van der Waals surface area contributed by atoms with Gasteiger partial charge in [-0.2, -0.15) is 12.7 Å². The van der Waals surface area contributed by atoms with Crippen molar-refractivity contribution >= 4 is 16.3 Å². The number of carbonyl (C=O) groups excluding carboxylic acids is 1. The van der Waals surface area contributed by atoms with E-state index in [0.29, 0.717) is 19.6 Å². The van der Waals surface area contributed by atoms with E-state index in [1.165, 1.54) is 4.31 Å². The van der Waals surface area contributed by atoms with Crippen LogP contribution in [0.25, 0.3) is 0 Å². The van der Waals surface area contributed by atoms with Gasteiger partial charge >= 0.3 is 6.09 Å². The molecule has 0 aromatic rings. The number of amides is 1. The molecule has 1 saturated heterocycles. The molecule has 0 aromatic carbocycles. The van der Waals surface area contributed by atoms with Crippen LogP contribution in [-0.4, -0.2) is 61.5 Å². The Labute approximate surface area is 134 Å². The van der Waals surface area contributed by atoms with Crippen molar-refractivity contribution in [1.82, 2.24) is 13.9 Å². The quantitative estimate of drug-likeness (QED) is 0.799. The van der Waals surface area contributed by atoms with Crippen LogP contribution in [0.2, 0.25) is 0 Å². The second-order valence-electron chi connectivity index (χ2n) is 6.41. The summed E-state index contributed by atoms with van der Waals surface area (Å²) >= 11 is 0. The number of hydrogen-bond donors (Lipinski definition) is 1. The molecule has 0 spiro atoms. The van der Waals surface area contributed by atoms with Crippen molar-refractivity contribution in [3.05, 3.63) is 0 Å². The summed E-state index contributed by atoms with van der Waals surface area (Å²) < 4.78 is 33.6. The monoisotopic (exact) mass is 335 g/mol. The molecule has 0 aliphatic carbocycles. The van der Waals surface area contributed by atoms with Crippen LogP contribution in [0, 0.1) is 0 Å². The zero-order valence-corrected chi connectivity index (χ0v) is 15.1. The highest BCUT2D eigenvalue weighted by Crippen LogP contribution is 2.20. The Hall–Kier alpha value is -0.860. The predicted octanol–water partition coefficient (Wildman–Crippen LogP) is 1.56. The van der Waals surface area contributed by atoms with E-state index in [0.717, 1.165) is 12.8 Å². The van der Waals surface area contributed by atoms with Crippen LogP contribution in [0.3, 0.4) is 0 Å². The SMILES string of the molecule is CCN(CC)S(=O)(=O)NC[C@H]1CCCN1C(=O)OC(C)(C)C. The molecule has 0 bridgehead atoms. The third-order valence-electron chi connectivity index (χ3n) is 3.55.